The number of aryl methyl sites for hydroxylation is 1. The van der Waals surface area contributed by atoms with E-state index in [1.54, 1.807) is 0 Å². The predicted octanol–water partition coefficient (Wildman–Crippen LogP) is 13.3. The summed E-state index contributed by atoms with van der Waals surface area (Å²) in [5, 5.41) is 3.68. The molecule has 0 N–H and O–H groups in total. The third-order valence-electron chi connectivity index (χ3n) is 11.7. The van der Waals surface area contributed by atoms with Gasteiger partial charge in [-0.1, -0.05) is 125 Å². The van der Waals surface area contributed by atoms with E-state index in [9.17, 15) is 0 Å². The number of furan rings is 1. The van der Waals surface area contributed by atoms with Crippen molar-refractivity contribution in [1.29, 1.82) is 0 Å². The summed E-state index contributed by atoms with van der Waals surface area (Å²) in [7, 11) is -1.34. The molecule has 6 heteroatoms. The molecule has 9 aromatic rings. The van der Waals surface area contributed by atoms with Crippen molar-refractivity contribution in [2.75, 3.05) is 0 Å². The molecule has 0 bridgehead atoms. The minimum atomic E-state index is -1.34. The van der Waals surface area contributed by atoms with Gasteiger partial charge in [0.15, 0.2) is 0 Å². The Kier molecular flexibility index (Phi) is 10.7. The van der Waals surface area contributed by atoms with Crippen molar-refractivity contribution in [3.8, 4) is 39.5 Å². The van der Waals surface area contributed by atoms with E-state index in [0.29, 0.717) is 5.92 Å². The van der Waals surface area contributed by atoms with E-state index in [2.05, 4.69) is 167 Å². The van der Waals surface area contributed by atoms with Gasteiger partial charge < -0.3 is 14.0 Å². The van der Waals surface area contributed by atoms with Crippen molar-refractivity contribution in [2.24, 2.45) is 5.92 Å². The average Bonchev–Trinajstić information content (AvgIpc) is 3.85. The molecule has 3 aromatic heterocycles. The summed E-state index contributed by atoms with van der Waals surface area (Å²) in [6.45, 7) is 18.6. The zero-order valence-electron chi connectivity index (χ0n) is 35.1. The van der Waals surface area contributed by atoms with Gasteiger partial charge in [-0.05, 0) is 88.3 Å². The fourth-order valence-corrected chi connectivity index (χ4v) is 10.4. The summed E-state index contributed by atoms with van der Waals surface area (Å²) in [5.74, 6) is 1.51. The summed E-state index contributed by atoms with van der Waals surface area (Å²) < 4.78 is 8.71. The Morgan fingerprint density at radius 1 is 0.763 bits per heavy atom. The van der Waals surface area contributed by atoms with Crippen LogP contribution in [0.25, 0.3) is 72.4 Å². The monoisotopic (exact) mass is 964 g/mol. The Hall–Kier alpha value is -5.39. The SMILES string of the molecule is CC(C)Cc1cc(-c2[c-]cccc2)ncc1[Si](C)(C)C.Cc1cc2c(cc1-n1c(-c3[c-]ccc4c3oc3ccccc34)nc3ccccc31)C(C)(C)c1ccccc1-2.[Ir]. The molecule has 10 rings (SSSR count). The van der Waals surface area contributed by atoms with Gasteiger partial charge in [0.1, 0.15) is 5.58 Å². The Bertz CT molecular complexity index is 2990. The molecule has 0 fully saturated rings. The second-order valence-electron chi connectivity index (χ2n) is 17.7. The second kappa shape index (κ2) is 15.7. The second-order valence-corrected chi connectivity index (χ2v) is 22.7. The number of fused-ring (bicyclic) bond motifs is 7. The number of aromatic nitrogens is 3. The molecular formula is C53H49IrN3OSi-2. The maximum atomic E-state index is 6.42. The van der Waals surface area contributed by atoms with Gasteiger partial charge in [0, 0.05) is 42.8 Å². The average molecular weight is 964 g/mol. The van der Waals surface area contributed by atoms with Crippen LogP contribution in [0.3, 0.4) is 0 Å². The van der Waals surface area contributed by atoms with Crippen LogP contribution in [0.1, 0.15) is 49.9 Å². The van der Waals surface area contributed by atoms with Crippen LogP contribution in [0.2, 0.25) is 19.6 Å². The van der Waals surface area contributed by atoms with E-state index in [4.69, 9.17) is 9.40 Å². The summed E-state index contributed by atoms with van der Waals surface area (Å²) in [6, 6.07) is 51.2. The van der Waals surface area contributed by atoms with E-state index >= 15 is 0 Å². The van der Waals surface area contributed by atoms with Crippen molar-refractivity contribution < 1.29 is 24.5 Å². The number of hydrogen-bond donors (Lipinski definition) is 0. The topological polar surface area (TPSA) is 43.9 Å². The number of para-hydroxylation sites is 3. The standard InChI is InChI=1S/C35H25N2O.C18H24NSi.Ir/c1-21-19-26-22-11-4-6-15-27(22)35(2,3)28(26)20-31(21)37-30-17-8-7-16-29(30)36-34(37)25-14-10-13-24-23-12-5-9-18-32(23)38-33(24)25;1-14(2)11-16-12-17(15-9-7-6-8-10-15)19-13-18(16)20(3,4)5;/h4-13,15-20H,1-3H3;6-9,12-14H,11H2,1-5H3;/q2*-1;. The first-order valence-electron chi connectivity index (χ1n) is 20.4. The number of benzene rings is 6. The smallest absolute Gasteiger partial charge is 0.120 e. The molecule has 0 saturated heterocycles. The molecule has 0 spiro atoms. The fraction of sp³-hybridized carbons (Fsp3) is 0.208. The Balaban J connectivity index is 0.000000197. The molecule has 0 unspecified atom stereocenters. The van der Waals surface area contributed by atoms with Crippen LogP contribution in [-0.4, -0.2) is 22.6 Å². The molecule has 6 aromatic carbocycles. The molecule has 0 aliphatic heterocycles. The first kappa shape index (κ1) is 40.4. The molecular weight excluding hydrogens is 915 g/mol. The molecule has 3 heterocycles. The molecule has 1 radical (unpaired) electrons. The summed E-state index contributed by atoms with van der Waals surface area (Å²) in [5.41, 5.74) is 15.8. The van der Waals surface area contributed by atoms with Gasteiger partial charge in [-0.15, -0.1) is 54.1 Å². The first-order chi connectivity index (χ1) is 27.9. The van der Waals surface area contributed by atoms with Gasteiger partial charge in [-0.2, -0.15) is 0 Å². The predicted molar refractivity (Wildman–Crippen MR) is 245 cm³/mol. The van der Waals surface area contributed by atoms with E-state index in [-0.39, 0.29) is 25.5 Å². The van der Waals surface area contributed by atoms with Crippen LogP contribution < -0.4 is 5.19 Å². The fourth-order valence-electron chi connectivity index (χ4n) is 8.86. The van der Waals surface area contributed by atoms with Crippen molar-refractivity contribution in [2.45, 2.75) is 66.1 Å². The number of hydrogen-bond acceptors (Lipinski definition) is 3. The Morgan fingerprint density at radius 2 is 1.51 bits per heavy atom. The number of nitrogens with zero attached hydrogens (tertiary/aromatic N) is 3. The van der Waals surface area contributed by atoms with Crippen LogP contribution >= 0.6 is 0 Å². The summed E-state index contributed by atoms with van der Waals surface area (Å²) >= 11 is 0. The summed E-state index contributed by atoms with van der Waals surface area (Å²) in [6.07, 6.45) is 3.24. The van der Waals surface area contributed by atoms with Gasteiger partial charge in [0.05, 0.1) is 30.5 Å². The summed E-state index contributed by atoms with van der Waals surface area (Å²) in [4.78, 5) is 9.85. The van der Waals surface area contributed by atoms with Crippen LogP contribution in [0.15, 0.2) is 138 Å². The van der Waals surface area contributed by atoms with Crippen LogP contribution in [-0.2, 0) is 31.9 Å². The molecule has 297 valence electrons. The molecule has 0 saturated carbocycles. The van der Waals surface area contributed by atoms with Gasteiger partial charge in [-0.3, -0.25) is 4.98 Å². The number of rotatable bonds is 6. The zero-order chi connectivity index (χ0) is 40.3. The van der Waals surface area contributed by atoms with Crippen LogP contribution in [0.4, 0.5) is 0 Å². The van der Waals surface area contributed by atoms with Gasteiger partial charge >= 0.3 is 0 Å². The first-order valence-corrected chi connectivity index (χ1v) is 23.9. The van der Waals surface area contributed by atoms with E-state index in [0.717, 1.165) is 67.7 Å². The molecule has 1 aliphatic rings. The maximum Gasteiger partial charge on any atom is 0.120 e. The van der Waals surface area contributed by atoms with Crippen LogP contribution in [0, 0.1) is 25.0 Å². The molecule has 0 amide bonds. The largest absolute Gasteiger partial charge is 0.501 e. The van der Waals surface area contributed by atoms with E-state index in [1.165, 1.54) is 38.6 Å². The quantitative estimate of drug-likeness (QED) is 0.123. The third-order valence-corrected chi connectivity index (χ3v) is 13.7. The molecule has 4 nitrogen and oxygen atoms in total. The van der Waals surface area contributed by atoms with Crippen molar-refractivity contribution in [3.63, 3.8) is 0 Å². The van der Waals surface area contributed by atoms with Gasteiger partial charge in [0.2, 0.25) is 0 Å². The molecule has 0 atom stereocenters. The number of imidazole rings is 1. The van der Waals surface area contributed by atoms with Gasteiger partial charge in [-0.25, -0.2) is 0 Å². The molecule has 1 aliphatic carbocycles. The van der Waals surface area contributed by atoms with E-state index < -0.39 is 8.07 Å². The maximum absolute atomic E-state index is 6.42. The van der Waals surface area contributed by atoms with E-state index in [1.807, 2.05) is 42.5 Å². The van der Waals surface area contributed by atoms with Crippen LogP contribution in [0.5, 0.6) is 0 Å². The number of pyridine rings is 1. The minimum absolute atomic E-state index is 0. The Morgan fingerprint density at radius 3 is 2.29 bits per heavy atom. The normalized spacial score (nSPS) is 13.0. The van der Waals surface area contributed by atoms with Gasteiger partial charge in [0.25, 0.3) is 0 Å². The zero-order valence-corrected chi connectivity index (χ0v) is 38.5. The third kappa shape index (κ3) is 7.22. The van der Waals surface area contributed by atoms with Crippen molar-refractivity contribution in [3.05, 3.63) is 168 Å². The Labute approximate surface area is 362 Å². The van der Waals surface area contributed by atoms with Crippen molar-refractivity contribution in [1.82, 2.24) is 14.5 Å². The minimum Gasteiger partial charge on any atom is -0.501 e. The molecule has 59 heavy (non-hydrogen) atoms. The van der Waals surface area contributed by atoms with Crippen molar-refractivity contribution >= 4 is 46.2 Å².